The van der Waals surface area contributed by atoms with Crippen molar-refractivity contribution in [3.8, 4) is 0 Å². The minimum atomic E-state index is -0.108. The van der Waals surface area contributed by atoms with Crippen molar-refractivity contribution < 1.29 is 4.39 Å². The van der Waals surface area contributed by atoms with Crippen molar-refractivity contribution in [3.63, 3.8) is 0 Å². The number of halogens is 1. The molecular weight excluding hydrogens is 227 g/mol. The quantitative estimate of drug-likeness (QED) is 0.662. The summed E-state index contributed by atoms with van der Waals surface area (Å²) in [5.74, 6) is -0.108. The van der Waals surface area contributed by atoms with Gasteiger partial charge in [0.15, 0.2) is 0 Å². The lowest BCUT2D eigenvalue weighted by molar-refractivity contribution is 0.603. The predicted octanol–water partition coefficient (Wildman–Crippen LogP) is 4.27. The number of aryl methyl sites for hydroxylation is 1. The van der Waals surface area contributed by atoms with Crippen LogP contribution < -0.4 is 0 Å². The molecule has 0 saturated carbocycles. The summed E-state index contributed by atoms with van der Waals surface area (Å²) in [6.07, 6.45) is 3.45. The highest BCUT2D eigenvalue weighted by molar-refractivity contribution is 8.22. The van der Waals surface area contributed by atoms with Crippen LogP contribution in [0.2, 0.25) is 0 Å². The molecule has 1 aromatic carbocycles. The summed E-state index contributed by atoms with van der Waals surface area (Å²) in [5.41, 5.74) is 2.53. The van der Waals surface area contributed by atoms with E-state index >= 15 is 0 Å². The maximum absolute atomic E-state index is 13.3. The van der Waals surface area contributed by atoms with Gasteiger partial charge in [-0.25, -0.2) is 4.39 Å². The van der Waals surface area contributed by atoms with Crippen LogP contribution in [0, 0.1) is 5.82 Å². The SMILES string of the molecule is Fc1ccc2c(c1)C1(CCC2)SC=CS1. The van der Waals surface area contributed by atoms with E-state index in [2.05, 4.69) is 10.8 Å². The molecule has 3 rings (SSSR count). The molecule has 3 heteroatoms. The Morgan fingerprint density at radius 3 is 2.80 bits per heavy atom. The summed E-state index contributed by atoms with van der Waals surface area (Å²) < 4.78 is 13.4. The number of rotatable bonds is 0. The predicted molar refractivity (Wildman–Crippen MR) is 65.3 cm³/mol. The van der Waals surface area contributed by atoms with Crippen LogP contribution in [0.4, 0.5) is 4.39 Å². The first kappa shape index (κ1) is 9.79. The fourth-order valence-corrected chi connectivity index (χ4v) is 4.91. The van der Waals surface area contributed by atoms with Crippen molar-refractivity contribution in [2.75, 3.05) is 0 Å². The minimum absolute atomic E-state index is 0.0791. The second kappa shape index (κ2) is 3.56. The minimum Gasteiger partial charge on any atom is -0.207 e. The topological polar surface area (TPSA) is 0 Å². The monoisotopic (exact) mass is 238 g/mol. The van der Waals surface area contributed by atoms with Crippen LogP contribution in [0.15, 0.2) is 29.0 Å². The van der Waals surface area contributed by atoms with Crippen LogP contribution >= 0.6 is 23.5 Å². The average Bonchev–Trinajstić information content (AvgIpc) is 2.69. The molecule has 0 unspecified atom stereocenters. The Morgan fingerprint density at radius 2 is 2.00 bits per heavy atom. The Bertz CT molecular complexity index is 418. The first-order valence-electron chi connectivity index (χ1n) is 5.10. The van der Waals surface area contributed by atoms with E-state index < -0.39 is 0 Å². The van der Waals surface area contributed by atoms with Crippen molar-refractivity contribution in [1.29, 1.82) is 0 Å². The maximum Gasteiger partial charge on any atom is 0.123 e. The smallest absolute Gasteiger partial charge is 0.123 e. The molecule has 2 aliphatic rings. The molecule has 0 radical (unpaired) electrons. The van der Waals surface area contributed by atoms with Gasteiger partial charge in [0.05, 0.1) is 4.08 Å². The summed E-state index contributed by atoms with van der Waals surface area (Å²) in [6, 6.07) is 5.25. The molecule has 15 heavy (non-hydrogen) atoms. The van der Waals surface area contributed by atoms with Crippen molar-refractivity contribution in [2.45, 2.75) is 23.3 Å². The fraction of sp³-hybridized carbons (Fsp3) is 0.333. The van der Waals surface area contributed by atoms with Gasteiger partial charge in [-0.2, -0.15) is 0 Å². The molecule has 1 aliphatic carbocycles. The molecule has 0 fully saturated rings. The molecule has 0 atom stereocenters. The normalized spacial score (nSPS) is 21.9. The average molecular weight is 238 g/mol. The molecular formula is C12H11FS2. The summed E-state index contributed by atoms with van der Waals surface area (Å²) in [6.45, 7) is 0. The van der Waals surface area contributed by atoms with Gasteiger partial charge in [0.2, 0.25) is 0 Å². The Labute approximate surface area is 97.3 Å². The fourth-order valence-electron chi connectivity index (χ4n) is 2.32. The first-order chi connectivity index (χ1) is 7.30. The number of fused-ring (bicyclic) bond motifs is 2. The Kier molecular flexibility index (Phi) is 2.33. The van der Waals surface area contributed by atoms with E-state index in [1.54, 1.807) is 12.1 Å². The molecule has 0 aromatic heterocycles. The highest BCUT2D eigenvalue weighted by Crippen LogP contribution is 2.58. The zero-order valence-electron chi connectivity index (χ0n) is 8.20. The Morgan fingerprint density at radius 1 is 1.20 bits per heavy atom. The van der Waals surface area contributed by atoms with Crippen LogP contribution in [0.3, 0.4) is 0 Å². The van der Waals surface area contributed by atoms with E-state index in [1.807, 2.05) is 29.6 Å². The third-order valence-electron chi connectivity index (χ3n) is 3.01. The molecule has 1 aliphatic heterocycles. The van der Waals surface area contributed by atoms with Gasteiger partial charge < -0.3 is 0 Å². The molecule has 0 amide bonds. The summed E-state index contributed by atoms with van der Waals surface area (Å²) >= 11 is 3.67. The Balaban J connectivity index is 2.13. The zero-order chi connectivity index (χ0) is 10.3. The number of benzene rings is 1. The number of hydrogen-bond acceptors (Lipinski definition) is 2. The third kappa shape index (κ3) is 1.53. The van der Waals surface area contributed by atoms with E-state index in [-0.39, 0.29) is 9.90 Å². The van der Waals surface area contributed by atoms with Gasteiger partial charge in [0.25, 0.3) is 0 Å². The maximum atomic E-state index is 13.3. The lowest BCUT2D eigenvalue weighted by atomic mass is 9.91. The van der Waals surface area contributed by atoms with E-state index in [0.717, 1.165) is 12.8 Å². The highest BCUT2D eigenvalue weighted by atomic mass is 32.2. The molecule has 1 heterocycles. The summed E-state index contributed by atoms with van der Waals surface area (Å²) in [4.78, 5) is 0. The van der Waals surface area contributed by atoms with E-state index in [9.17, 15) is 4.39 Å². The van der Waals surface area contributed by atoms with Crippen molar-refractivity contribution in [1.82, 2.24) is 0 Å². The molecule has 0 bridgehead atoms. The lowest BCUT2D eigenvalue weighted by Crippen LogP contribution is -2.21. The molecule has 0 N–H and O–H groups in total. The van der Waals surface area contributed by atoms with E-state index in [1.165, 1.54) is 17.5 Å². The Hall–Kier alpha value is -0.410. The van der Waals surface area contributed by atoms with Crippen molar-refractivity contribution in [3.05, 3.63) is 46.0 Å². The van der Waals surface area contributed by atoms with Crippen LogP contribution in [0.5, 0.6) is 0 Å². The molecule has 0 saturated heterocycles. The number of hydrogen-bond donors (Lipinski definition) is 0. The van der Waals surface area contributed by atoms with Gasteiger partial charge in [0.1, 0.15) is 5.82 Å². The molecule has 1 aromatic rings. The molecule has 1 spiro atoms. The van der Waals surface area contributed by atoms with E-state index in [4.69, 9.17) is 0 Å². The lowest BCUT2D eigenvalue weighted by Gasteiger charge is -2.33. The van der Waals surface area contributed by atoms with Gasteiger partial charge >= 0.3 is 0 Å². The molecule has 78 valence electrons. The van der Waals surface area contributed by atoms with Gasteiger partial charge in [0, 0.05) is 0 Å². The van der Waals surface area contributed by atoms with Crippen LogP contribution in [-0.2, 0) is 10.5 Å². The first-order valence-corrected chi connectivity index (χ1v) is 6.86. The summed E-state index contributed by atoms with van der Waals surface area (Å²) in [7, 11) is 0. The van der Waals surface area contributed by atoms with Crippen LogP contribution in [0.25, 0.3) is 0 Å². The van der Waals surface area contributed by atoms with Crippen LogP contribution in [0.1, 0.15) is 24.0 Å². The highest BCUT2D eigenvalue weighted by Gasteiger charge is 2.39. The third-order valence-corrected chi connectivity index (χ3v) is 5.91. The molecule has 0 nitrogen and oxygen atoms in total. The van der Waals surface area contributed by atoms with Gasteiger partial charge in [-0.15, -0.1) is 23.5 Å². The van der Waals surface area contributed by atoms with Gasteiger partial charge in [-0.05, 0) is 53.3 Å². The van der Waals surface area contributed by atoms with E-state index in [0.29, 0.717) is 0 Å². The zero-order valence-corrected chi connectivity index (χ0v) is 9.84. The van der Waals surface area contributed by atoms with Gasteiger partial charge in [-0.1, -0.05) is 6.07 Å². The summed E-state index contributed by atoms with van der Waals surface area (Å²) in [5, 5.41) is 4.26. The van der Waals surface area contributed by atoms with Gasteiger partial charge in [-0.3, -0.25) is 0 Å². The second-order valence-corrected chi connectivity index (χ2v) is 6.58. The second-order valence-electron chi connectivity index (χ2n) is 3.92. The standard InChI is InChI=1S/C12H11FS2/c13-10-4-3-9-2-1-5-12(11(9)8-10)14-6-7-15-12/h3-4,6-8H,1-2,5H2. The van der Waals surface area contributed by atoms with Crippen molar-refractivity contribution >= 4 is 23.5 Å². The van der Waals surface area contributed by atoms with Crippen LogP contribution in [-0.4, -0.2) is 0 Å². The number of thioether (sulfide) groups is 2. The largest absolute Gasteiger partial charge is 0.207 e. The van der Waals surface area contributed by atoms with Crippen molar-refractivity contribution in [2.24, 2.45) is 0 Å².